The van der Waals surface area contributed by atoms with Gasteiger partial charge in [0, 0.05) is 12.4 Å². The van der Waals surface area contributed by atoms with Crippen molar-refractivity contribution in [3.05, 3.63) is 24.5 Å². The minimum absolute atomic E-state index is 0.0758. The summed E-state index contributed by atoms with van der Waals surface area (Å²) < 4.78 is 1.48. The van der Waals surface area contributed by atoms with Crippen molar-refractivity contribution in [1.29, 1.82) is 0 Å². The fourth-order valence-electron chi connectivity index (χ4n) is 2.07. The number of carbonyl (C=O) groups is 1. The molecule has 0 radical (unpaired) electrons. The molecule has 15 heavy (non-hydrogen) atoms. The quantitative estimate of drug-likeness (QED) is 0.697. The van der Waals surface area contributed by atoms with Gasteiger partial charge in [0.05, 0.1) is 5.92 Å². The van der Waals surface area contributed by atoms with Crippen LogP contribution in [0, 0.1) is 5.92 Å². The molecule has 0 amide bonds. The molecular formula is C12H17NO2. The van der Waals surface area contributed by atoms with E-state index in [0.717, 1.165) is 25.7 Å². The molecule has 0 aromatic carbocycles. The minimum atomic E-state index is -0.0758. The standard InChI is InChI=1S/C12H17NO2/c14-12(15-13-9-5-6-10-13)11-7-3-1-2-4-8-11/h5-6,9-11H,1-4,7-8H2. The molecule has 1 aliphatic rings. The highest BCUT2D eigenvalue weighted by Gasteiger charge is 2.21. The van der Waals surface area contributed by atoms with Gasteiger partial charge < -0.3 is 4.84 Å². The fraction of sp³-hybridized carbons (Fsp3) is 0.583. The largest absolute Gasteiger partial charge is 0.337 e. The van der Waals surface area contributed by atoms with Crippen LogP contribution < -0.4 is 4.84 Å². The molecular weight excluding hydrogens is 190 g/mol. The summed E-state index contributed by atoms with van der Waals surface area (Å²) in [5.74, 6) is 0.0306. The highest BCUT2D eigenvalue weighted by atomic mass is 16.7. The third kappa shape index (κ3) is 2.85. The molecule has 1 fully saturated rings. The molecule has 3 nitrogen and oxygen atoms in total. The van der Waals surface area contributed by atoms with Gasteiger partial charge in [0.15, 0.2) is 0 Å². The Kier molecular flexibility index (Phi) is 3.43. The first-order valence-corrected chi connectivity index (χ1v) is 5.71. The van der Waals surface area contributed by atoms with Gasteiger partial charge >= 0.3 is 5.97 Å². The van der Waals surface area contributed by atoms with Gasteiger partial charge in [0.2, 0.25) is 0 Å². The second kappa shape index (κ2) is 5.01. The maximum absolute atomic E-state index is 11.8. The number of rotatable bonds is 2. The van der Waals surface area contributed by atoms with E-state index in [1.165, 1.54) is 17.6 Å². The molecule has 0 N–H and O–H groups in total. The van der Waals surface area contributed by atoms with Crippen LogP contribution >= 0.6 is 0 Å². The van der Waals surface area contributed by atoms with Crippen molar-refractivity contribution in [2.75, 3.05) is 0 Å². The maximum atomic E-state index is 11.8. The number of hydrogen-bond donors (Lipinski definition) is 0. The van der Waals surface area contributed by atoms with Gasteiger partial charge in [0.1, 0.15) is 0 Å². The molecule has 0 spiro atoms. The number of hydrogen-bond acceptors (Lipinski definition) is 2. The van der Waals surface area contributed by atoms with E-state index in [1.54, 1.807) is 12.4 Å². The van der Waals surface area contributed by atoms with Crippen LogP contribution in [-0.4, -0.2) is 10.7 Å². The number of aromatic nitrogens is 1. The Hall–Kier alpha value is -1.25. The average molecular weight is 207 g/mol. The van der Waals surface area contributed by atoms with E-state index in [-0.39, 0.29) is 11.9 Å². The molecule has 0 bridgehead atoms. The Bertz CT molecular complexity index is 297. The van der Waals surface area contributed by atoms with Crippen molar-refractivity contribution < 1.29 is 9.63 Å². The zero-order chi connectivity index (χ0) is 10.5. The summed E-state index contributed by atoms with van der Waals surface area (Å²) in [4.78, 5) is 17.0. The van der Waals surface area contributed by atoms with Crippen molar-refractivity contribution in [2.24, 2.45) is 5.92 Å². The van der Waals surface area contributed by atoms with Gasteiger partial charge in [-0.2, -0.15) is 4.73 Å². The molecule has 0 atom stereocenters. The van der Waals surface area contributed by atoms with Crippen LogP contribution in [0.15, 0.2) is 24.5 Å². The normalized spacial score (nSPS) is 18.4. The molecule has 82 valence electrons. The van der Waals surface area contributed by atoms with Gasteiger partial charge in [-0.15, -0.1) is 0 Å². The zero-order valence-corrected chi connectivity index (χ0v) is 8.89. The lowest BCUT2D eigenvalue weighted by atomic mass is 10.0. The zero-order valence-electron chi connectivity index (χ0n) is 8.89. The summed E-state index contributed by atoms with van der Waals surface area (Å²) in [5, 5.41) is 0. The molecule has 2 rings (SSSR count). The summed E-state index contributed by atoms with van der Waals surface area (Å²) >= 11 is 0. The molecule has 0 saturated heterocycles. The third-order valence-electron chi connectivity index (χ3n) is 2.96. The Morgan fingerprint density at radius 2 is 1.67 bits per heavy atom. The first-order chi connectivity index (χ1) is 7.36. The first-order valence-electron chi connectivity index (χ1n) is 5.71. The van der Waals surface area contributed by atoms with Crippen molar-refractivity contribution >= 4 is 5.97 Å². The Morgan fingerprint density at radius 3 is 2.27 bits per heavy atom. The monoisotopic (exact) mass is 207 g/mol. The maximum Gasteiger partial charge on any atom is 0.335 e. The third-order valence-corrected chi connectivity index (χ3v) is 2.96. The van der Waals surface area contributed by atoms with Gasteiger partial charge in [-0.3, -0.25) is 0 Å². The summed E-state index contributed by atoms with van der Waals surface area (Å²) in [5.41, 5.74) is 0. The highest BCUT2D eigenvalue weighted by molar-refractivity contribution is 5.72. The van der Waals surface area contributed by atoms with Crippen LogP contribution in [0.2, 0.25) is 0 Å². The minimum Gasteiger partial charge on any atom is -0.337 e. The van der Waals surface area contributed by atoms with Crippen molar-refractivity contribution in [1.82, 2.24) is 4.73 Å². The predicted molar refractivity (Wildman–Crippen MR) is 57.2 cm³/mol. The van der Waals surface area contributed by atoms with Gasteiger partial charge in [0.25, 0.3) is 0 Å². The summed E-state index contributed by atoms with van der Waals surface area (Å²) in [6.45, 7) is 0. The van der Waals surface area contributed by atoms with Crippen LogP contribution in [0.3, 0.4) is 0 Å². The van der Waals surface area contributed by atoms with E-state index in [9.17, 15) is 4.79 Å². The Morgan fingerprint density at radius 1 is 1.07 bits per heavy atom. The first kappa shape index (κ1) is 10.3. The van der Waals surface area contributed by atoms with Crippen molar-refractivity contribution in [2.45, 2.75) is 38.5 Å². The smallest absolute Gasteiger partial charge is 0.335 e. The SMILES string of the molecule is O=C(On1cccc1)C1CCCCCC1. The molecule has 1 saturated carbocycles. The van der Waals surface area contributed by atoms with Crippen LogP contribution in [0.25, 0.3) is 0 Å². The van der Waals surface area contributed by atoms with Gasteiger partial charge in [-0.05, 0) is 25.0 Å². The van der Waals surface area contributed by atoms with E-state index in [4.69, 9.17) is 4.84 Å². The number of carbonyl (C=O) groups excluding carboxylic acids is 1. The molecule has 3 heteroatoms. The lowest BCUT2D eigenvalue weighted by molar-refractivity contribution is -0.149. The summed E-state index contributed by atoms with van der Waals surface area (Å²) in [6, 6.07) is 3.70. The fourth-order valence-corrected chi connectivity index (χ4v) is 2.07. The van der Waals surface area contributed by atoms with E-state index < -0.39 is 0 Å². The molecule has 1 aliphatic carbocycles. The van der Waals surface area contributed by atoms with Gasteiger partial charge in [-0.1, -0.05) is 25.7 Å². The van der Waals surface area contributed by atoms with Crippen LogP contribution in [0.4, 0.5) is 0 Å². The van der Waals surface area contributed by atoms with Gasteiger partial charge in [-0.25, -0.2) is 4.79 Å². The van der Waals surface area contributed by atoms with Crippen LogP contribution in [0.1, 0.15) is 38.5 Å². The second-order valence-electron chi connectivity index (χ2n) is 4.14. The summed E-state index contributed by atoms with van der Waals surface area (Å²) in [6.07, 6.45) is 10.3. The highest BCUT2D eigenvalue weighted by Crippen LogP contribution is 2.23. The van der Waals surface area contributed by atoms with E-state index in [1.807, 2.05) is 12.1 Å². The molecule has 0 unspecified atom stereocenters. The Balaban J connectivity index is 1.89. The van der Waals surface area contributed by atoms with Crippen LogP contribution in [-0.2, 0) is 4.79 Å². The molecule has 0 aliphatic heterocycles. The van der Waals surface area contributed by atoms with Crippen molar-refractivity contribution in [3.63, 3.8) is 0 Å². The molecule has 1 heterocycles. The van der Waals surface area contributed by atoms with Crippen molar-refractivity contribution in [3.8, 4) is 0 Å². The predicted octanol–water partition coefficient (Wildman–Crippen LogP) is 2.41. The lowest BCUT2D eigenvalue weighted by Gasteiger charge is -2.12. The molecule has 1 aromatic rings. The average Bonchev–Trinajstić information content (AvgIpc) is 2.58. The van der Waals surface area contributed by atoms with E-state index in [2.05, 4.69) is 0 Å². The number of nitrogens with zero attached hydrogens (tertiary/aromatic N) is 1. The van der Waals surface area contributed by atoms with E-state index >= 15 is 0 Å². The Labute approximate surface area is 90.0 Å². The summed E-state index contributed by atoms with van der Waals surface area (Å²) in [7, 11) is 0. The molecule has 1 aromatic heterocycles. The lowest BCUT2D eigenvalue weighted by Crippen LogP contribution is -2.26. The van der Waals surface area contributed by atoms with E-state index in [0.29, 0.717) is 0 Å². The topological polar surface area (TPSA) is 31.2 Å². The van der Waals surface area contributed by atoms with Crippen LogP contribution in [0.5, 0.6) is 0 Å². The second-order valence-corrected chi connectivity index (χ2v) is 4.14.